The highest BCUT2D eigenvalue weighted by Gasteiger charge is 2.52. The van der Waals surface area contributed by atoms with Gasteiger partial charge >= 0.3 is 10.4 Å². The summed E-state index contributed by atoms with van der Waals surface area (Å²) in [6.45, 7) is -0.600. The van der Waals surface area contributed by atoms with Crippen LogP contribution < -0.4 is 5.32 Å². The molecule has 2 rings (SSSR count). The van der Waals surface area contributed by atoms with Gasteiger partial charge in [0.2, 0.25) is 12.2 Å². The third-order valence-corrected chi connectivity index (χ3v) is 5.01. The Hall–Kier alpha value is -1.02. The van der Waals surface area contributed by atoms with Crippen LogP contribution in [0.1, 0.15) is 6.92 Å². The summed E-state index contributed by atoms with van der Waals surface area (Å²) in [5, 5.41) is 61.3. The number of aliphatic hydroxyl groups excluding tert-OH is 6. The third-order valence-electron chi connectivity index (χ3n) is 4.58. The van der Waals surface area contributed by atoms with Gasteiger partial charge < -0.3 is 50.2 Å². The molecule has 1 unspecified atom stereocenters. The van der Waals surface area contributed by atoms with Crippen LogP contribution in [0, 0.1) is 0 Å². The van der Waals surface area contributed by atoms with Gasteiger partial charge in [0, 0.05) is 6.92 Å². The molecule has 2 aliphatic heterocycles. The molecule has 8 N–H and O–H groups in total. The molecule has 0 aromatic heterocycles. The number of carbonyl (C=O) groups is 1. The molecule has 176 valence electrons. The molecule has 10 atom stereocenters. The van der Waals surface area contributed by atoms with Gasteiger partial charge in [-0.25, -0.2) is 4.18 Å². The van der Waals surface area contributed by atoms with Crippen molar-refractivity contribution >= 4 is 16.3 Å². The van der Waals surface area contributed by atoms with E-state index in [4.69, 9.17) is 18.8 Å². The number of amides is 1. The van der Waals surface area contributed by atoms with Crippen molar-refractivity contribution in [1.82, 2.24) is 5.32 Å². The van der Waals surface area contributed by atoms with Crippen LogP contribution in [0.5, 0.6) is 0 Å². The Labute approximate surface area is 170 Å². The first-order valence-electron chi connectivity index (χ1n) is 8.72. The molecule has 0 radical (unpaired) electrons. The molecule has 0 bridgehead atoms. The second kappa shape index (κ2) is 10.1. The fraction of sp³-hybridized carbons (Fsp3) is 0.929. The van der Waals surface area contributed by atoms with Crippen LogP contribution in [0.4, 0.5) is 0 Å². The molecule has 0 aromatic rings. The van der Waals surface area contributed by atoms with Gasteiger partial charge in [-0.2, -0.15) is 8.42 Å². The second-order valence-electron chi connectivity index (χ2n) is 6.76. The van der Waals surface area contributed by atoms with E-state index in [2.05, 4.69) is 9.50 Å². The summed E-state index contributed by atoms with van der Waals surface area (Å²) in [5.41, 5.74) is 0. The summed E-state index contributed by atoms with van der Waals surface area (Å²) in [4.78, 5) is 11.4. The Kier molecular flexibility index (Phi) is 8.47. The average Bonchev–Trinajstić information content (AvgIpc) is 2.65. The van der Waals surface area contributed by atoms with Crippen LogP contribution in [0.3, 0.4) is 0 Å². The standard InChI is InChI=1S/C14H25NO14S/c1-4(18)15-7-9(20)12(6(3-17)27-13(7)29-30(23,24)25)28-14-11(22)10(21)8(19)5(2-16)26-14/h5-14,16-17,19-22H,2-3H2,1H3,(H,15,18)(H,23,24,25)/t5-,6-,7-,8+,9-,10+,11-,12-,13?,14+/m1/s1. The lowest BCUT2D eigenvalue weighted by Gasteiger charge is -2.46. The van der Waals surface area contributed by atoms with E-state index in [9.17, 15) is 43.9 Å². The summed E-state index contributed by atoms with van der Waals surface area (Å²) in [7, 11) is -5.09. The van der Waals surface area contributed by atoms with E-state index in [0.717, 1.165) is 6.92 Å². The van der Waals surface area contributed by atoms with E-state index < -0.39 is 90.9 Å². The van der Waals surface area contributed by atoms with E-state index in [0.29, 0.717) is 0 Å². The Morgan fingerprint density at radius 2 is 1.50 bits per heavy atom. The first-order chi connectivity index (χ1) is 13.9. The van der Waals surface area contributed by atoms with Gasteiger partial charge in [-0.1, -0.05) is 0 Å². The van der Waals surface area contributed by atoms with Crippen molar-refractivity contribution in [2.24, 2.45) is 0 Å². The number of ether oxygens (including phenoxy) is 3. The zero-order valence-corrected chi connectivity index (χ0v) is 16.4. The maximum atomic E-state index is 11.4. The Morgan fingerprint density at radius 1 is 0.933 bits per heavy atom. The molecule has 0 aliphatic carbocycles. The normalized spacial score (nSPS) is 42.7. The second-order valence-corrected chi connectivity index (χ2v) is 7.81. The first-order valence-corrected chi connectivity index (χ1v) is 10.1. The van der Waals surface area contributed by atoms with E-state index >= 15 is 0 Å². The number of hydrogen-bond donors (Lipinski definition) is 8. The van der Waals surface area contributed by atoms with E-state index in [-0.39, 0.29) is 0 Å². The van der Waals surface area contributed by atoms with E-state index in [1.54, 1.807) is 0 Å². The highest BCUT2D eigenvalue weighted by molar-refractivity contribution is 7.80. The molecular weight excluding hydrogens is 438 g/mol. The van der Waals surface area contributed by atoms with Gasteiger partial charge in [0.1, 0.15) is 48.8 Å². The molecule has 16 heteroatoms. The predicted molar refractivity (Wildman–Crippen MR) is 90.6 cm³/mol. The summed E-state index contributed by atoms with van der Waals surface area (Å²) in [6.07, 6.45) is -15.3. The Balaban J connectivity index is 2.26. The van der Waals surface area contributed by atoms with Crippen LogP contribution in [-0.2, 0) is 33.6 Å². The smallest absolute Gasteiger partial charge is 0.394 e. The average molecular weight is 463 g/mol. The largest absolute Gasteiger partial charge is 0.399 e. The summed E-state index contributed by atoms with van der Waals surface area (Å²) >= 11 is 0. The topological polar surface area (TPSA) is 242 Å². The van der Waals surface area contributed by atoms with Gasteiger partial charge in [-0.15, -0.1) is 0 Å². The molecule has 30 heavy (non-hydrogen) atoms. The van der Waals surface area contributed by atoms with Gasteiger partial charge in [0.05, 0.1) is 13.2 Å². The quantitative estimate of drug-likeness (QED) is 0.164. The molecule has 2 saturated heterocycles. The molecule has 1 amide bonds. The number of rotatable bonds is 7. The SMILES string of the molecule is CC(=O)N[C@H]1C(OS(=O)(=O)O)O[C@H](CO)[C@@H](O[C@@H]2O[C@H](CO)[C@H](O)[C@H](O)[C@H]2O)[C@@H]1O. The minimum absolute atomic E-state index is 0.749. The van der Waals surface area contributed by atoms with Crippen molar-refractivity contribution < 1.29 is 66.8 Å². The van der Waals surface area contributed by atoms with Crippen LogP contribution in [0.25, 0.3) is 0 Å². The molecule has 0 aromatic carbocycles. The minimum atomic E-state index is -5.09. The maximum absolute atomic E-state index is 11.4. The van der Waals surface area contributed by atoms with Gasteiger partial charge in [-0.3, -0.25) is 9.35 Å². The van der Waals surface area contributed by atoms with Crippen molar-refractivity contribution in [3.63, 3.8) is 0 Å². The van der Waals surface area contributed by atoms with Crippen LogP contribution in [-0.4, -0.2) is 124 Å². The van der Waals surface area contributed by atoms with Crippen LogP contribution in [0.2, 0.25) is 0 Å². The highest BCUT2D eigenvalue weighted by Crippen LogP contribution is 2.30. The molecule has 2 heterocycles. The Bertz CT molecular complexity index is 688. The zero-order valence-electron chi connectivity index (χ0n) is 15.6. The molecule has 2 aliphatic rings. The van der Waals surface area contributed by atoms with E-state index in [1.165, 1.54) is 0 Å². The first kappa shape index (κ1) is 25.2. The van der Waals surface area contributed by atoms with Crippen molar-refractivity contribution in [3.8, 4) is 0 Å². The highest BCUT2D eigenvalue weighted by atomic mass is 32.3. The van der Waals surface area contributed by atoms with Crippen molar-refractivity contribution in [2.45, 2.75) is 68.3 Å². The summed E-state index contributed by atoms with van der Waals surface area (Å²) < 4.78 is 51.0. The van der Waals surface area contributed by atoms with Crippen molar-refractivity contribution in [3.05, 3.63) is 0 Å². The van der Waals surface area contributed by atoms with Crippen molar-refractivity contribution in [2.75, 3.05) is 13.2 Å². The van der Waals surface area contributed by atoms with Gasteiger partial charge in [-0.05, 0) is 0 Å². The summed E-state index contributed by atoms with van der Waals surface area (Å²) in [5.74, 6) is -0.749. The van der Waals surface area contributed by atoms with Crippen molar-refractivity contribution in [1.29, 1.82) is 0 Å². The monoisotopic (exact) mass is 463 g/mol. The fourth-order valence-corrected chi connectivity index (χ4v) is 3.56. The number of nitrogens with one attached hydrogen (secondary N) is 1. The minimum Gasteiger partial charge on any atom is -0.394 e. The molecule has 2 fully saturated rings. The van der Waals surface area contributed by atoms with Crippen LogP contribution >= 0.6 is 0 Å². The van der Waals surface area contributed by atoms with E-state index in [1.807, 2.05) is 0 Å². The summed E-state index contributed by atoms with van der Waals surface area (Å²) in [6, 6.07) is -1.62. The molecule has 0 saturated carbocycles. The lowest BCUT2D eigenvalue weighted by Crippen LogP contribution is -2.67. The Morgan fingerprint density at radius 3 is 2.00 bits per heavy atom. The predicted octanol–water partition coefficient (Wildman–Crippen LogP) is -5.43. The van der Waals surface area contributed by atoms with Gasteiger partial charge in [0.15, 0.2) is 6.29 Å². The number of carbonyl (C=O) groups excluding carboxylic acids is 1. The zero-order chi connectivity index (χ0) is 22.8. The molecule has 15 nitrogen and oxygen atoms in total. The molecular formula is C14H25NO14S. The maximum Gasteiger partial charge on any atom is 0.399 e. The number of aliphatic hydroxyl groups is 6. The fourth-order valence-electron chi connectivity index (χ4n) is 3.16. The van der Waals surface area contributed by atoms with Crippen LogP contribution in [0.15, 0.2) is 0 Å². The molecule has 0 spiro atoms. The number of hydrogen-bond acceptors (Lipinski definition) is 13. The third kappa shape index (κ3) is 5.81. The van der Waals surface area contributed by atoms with Gasteiger partial charge in [0.25, 0.3) is 0 Å². The lowest BCUT2D eigenvalue weighted by molar-refractivity contribution is -0.343. The lowest BCUT2D eigenvalue weighted by atomic mass is 9.95.